The van der Waals surface area contributed by atoms with Crippen LogP contribution in [0.2, 0.25) is 0 Å². The van der Waals surface area contributed by atoms with Gasteiger partial charge < -0.3 is 15.8 Å². The largest absolute Gasteiger partial charge is 0.370 e. The number of nitrogens with two attached hydrogens (primary N) is 1. The van der Waals surface area contributed by atoms with E-state index < -0.39 is 6.10 Å². The van der Waals surface area contributed by atoms with E-state index in [4.69, 9.17) is 10.5 Å². The number of hydrogen-bond donors (Lipinski definition) is 2. The molecule has 1 unspecified atom stereocenters. The minimum atomic E-state index is -0.505. The summed E-state index contributed by atoms with van der Waals surface area (Å²) in [5, 5.41) is 2.94. The van der Waals surface area contributed by atoms with Gasteiger partial charge in [0.05, 0.1) is 0 Å². The van der Waals surface area contributed by atoms with Crippen LogP contribution in [0.15, 0.2) is 0 Å². The number of rotatable bonds is 5. The van der Waals surface area contributed by atoms with Crippen molar-refractivity contribution in [3.05, 3.63) is 0 Å². The Morgan fingerprint density at radius 3 is 2.44 bits per heavy atom. The highest BCUT2D eigenvalue weighted by Crippen LogP contribution is 2.37. The van der Waals surface area contributed by atoms with Gasteiger partial charge in [-0.25, -0.2) is 0 Å². The number of methoxy groups -OCH3 is 1. The van der Waals surface area contributed by atoms with Crippen molar-refractivity contribution in [3.63, 3.8) is 0 Å². The molecule has 5 heteroatoms. The molecule has 1 rings (SSSR count). The Morgan fingerprint density at radius 1 is 1.44 bits per heavy atom. The van der Waals surface area contributed by atoms with Crippen molar-refractivity contribution in [1.29, 1.82) is 0 Å². The number of hydrogen-bond acceptors (Lipinski definition) is 3. The van der Waals surface area contributed by atoms with Gasteiger partial charge in [-0.2, -0.15) is 0 Å². The lowest BCUT2D eigenvalue weighted by Gasteiger charge is -2.34. The number of halogens is 1. The molecule has 0 bridgehead atoms. The summed E-state index contributed by atoms with van der Waals surface area (Å²) in [6, 6.07) is 0. The number of carbonyl (C=O) groups is 1. The van der Waals surface area contributed by atoms with Crippen molar-refractivity contribution >= 4 is 18.3 Å². The molecular weight excluding hydrogens is 252 g/mol. The number of nitrogens with one attached hydrogen (secondary N) is 1. The monoisotopic (exact) mass is 278 g/mol. The van der Waals surface area contributed by atoms with E-state index in [1.165, 1.54) is 32.8 Å². The Labute approximate surface area is 116 Å². The molecule has 0 saturated heterocycles. The van der Waals surface area contributed by atoms with Crippen LogP contribution < -0.4 is 11.1 Å². The summed E-state index contributed by atoms with van der Waals surface area (Å²) in [5.74, 6) is 0.530. The van der Waals surface area contributed by atoms with Crippen LogP contribution in [0.5, 0.6) is 0 Å². The average molecular weight is 279 g/mol. The molecule has 1 fully saturated rings. The third-order valence-electron chi connectivity index (χ3n) is 3.81. The molecule has 0 aliphatic heterocycles. The van der Waals surface area contributed by atoms with Crippen molar-refractivity contribution in [2.24, 2.45) is 17.1 Å². The lowest BCUT2D eigenvalue weighted by Crippen LogP contribution is -2.43. The molecule has 0 aromatic rings. The minimum absolute atomic E-state index is 0. The predicted molar refractivity (Wildman–Crippen MR) is 75.8 cm³/mol. The molecule has 1 amide bonds. The van der Waals surface area contributed by atoms with Gasteiger partial charge in [0, 0.05) is 20.2 Å². The molecule has 108 valence electrons. The van der Waals surface area contributed by atoms with Gasteiger partial charge in [0.1, 0.15) is 6.10 Å². The first-order valence-corrected chi connectivity index (χ1v) is 6.49. The fourth-order valence-corrected chi connectivity index (χ4v) is 2.33. The molecule has 1 aliphatic carbocycles. The minimum Gasteiger partial charge on any atom is -0.370 e. The second-order valence-electron chi connectivity index (χ2n) is 5.81. The van der Waals surface area contributed by atoms with E-state index in [0.29, 0.717) is 11.3 Å². The normalized spacial score (nSPS) is 20.9. The summed E-state index contributed by atoms with van der Waals surface area (Å²) in [6.45, 7) is 5.63. The summed E-state index contributed by atoms with van der Waals surface area (Å²) in [4.78, 5) is 11.7. The van der Waals surface area contributed by atoms with Crippen LogP contribution in [-0.4, -0.2) is 32.2 Å². The van der Waals surface area contributed by atoms with E-state index in [2.05, 4.69) is 19.2 Å². The molecular formula is C13H27ClN2O2. The van der Waals surface area contributed by atoms with E-state index in [-0.39, 0.29) is 24.9 Å². The molecule has 0 heterocycles. The van der Waals surface area contributed by atoms with E-state index in [0.717, 1.165) is 6.54 Å². The fourth-order valence-electron chi connectivity index (χ4n) is 2.33. The molecule has 3 N–H and O–H groups in total. The lowest BCUT2D eigenvalue weighted by molar-refractivity contribution is -0.130. The third kappa shape index (κ3) is 5.55. The van der Waals surface area contributed by atoms with Crippen LogP contribution in [0.3, 0.4) is 0 Å². The Hall–Kier alpha value is -0.320. The molecule has 0 radical (unpaired) electrons. The Balaban J connectivity index is 0.00000289. The van der Waals surface area contributed by atoms with Gasteiger partial charge in [-0.05, 0) is 37.0 Å². The van der Waals surface area contributed by atoms with Gasteiger partial charge in [-0.15, -0.1) is 12.4 Å². The molecule has 0 aromatic heterocycles. The van der Waals surface area contributed by atoms with Crippen LogP contribution in [0.4, 0.5) is 0 Å². The Kier molecular flexibility index (Phi) is 7.83. The maximum absolute atomic E-state index is 11.7. The smallest absolute Gasteiger partial charge is 0.250 e. The fraction of sp³-hybridized carbons (Fsp3) is 0.923. The summed E-state index contributed by atoms with van der Waals surface area (Å²) in [7, 11) is 1.51. The highest BCUT2D eigenvalue weighted by atomic mass is 35.5. The molecule has 1 saturated carbocycles. The first-order valence-electron chi connectivity index (χ1n) is 6.49. The van der Waals surface area contributed by atoms with Gasteiger partial charge in [-0.3, -0.25) is 4.79 Å². The quantitative estimate of drug-likeness (QED) is 0.805. The zero-order valence-electron chi connectivity index (χ0n) is 11.7. The zero-order valence-corrected chi connectivity index (χ0v) is 12.5. The van der Waals surface area contributed by atoms with Crippen molar-refractivity contribution < 1.29 is 9.53 Å². The first-order chi connectivity index (χ1) is 7.98. The van der Waals surface area contributed by atoms with E-state index in [1.807, 2.05) is 0 Å². The number of ether oxygens (including phenoxy) is 1. The van der Waals surface area contributed by atoms with Gasteiger partial charge in [0.2, 0.25) is 5.91 Å². The molecule has 4 nitrogen and oxygen atoms in total. The molecule has 1 atom stereocenters. The molecule has 0 aromatic carbocycles. The van der Waals surface area contributed by atoms with Gasteiger partial charge in [-0.1, -0.05) is 13.8 Å². The van der Waals surface area contributed by atoms with Crippen LogP contribution in [-0.2, 0) is 9.53 Å². The van der Waals surface area contributed by atoms with Crippen molar-refractivity contribution in [1.82, 2.24) is 5.32 Å². The van der Waals surface area contributed by atoms with Crippen molar-refractivity contribution in [3.8, 4) is 0 Å². The SMILES string of the molecule is COC(CN)C(=O)NCC1CCC(C)(C)CC1.Cl. The summed E-state index contributed by atoms with van der Waals surface area (Å²) in [6.07, 6.45) is 4.40. The maximum atomic E-state index is 11.7. The van der Waals surface area contributed by atoms with Crippen molar-refractivity contribution in [2.45, 2.75) is 45.6 Å². The standard InChI is InChI=1S/C13H26N2O2.ClH/c1-13(2)6-4-10(5-7-13)9-15-12(16)11(8-14)17-3;/h10-11H,4-9,14H2,1-3H3,(H,15,16);1H. The highest BCUT2D eigenvalue weighted by Gasteiger charge is 2.27. The summed E-state index contributed by atoms with van der Waals surface area (Å²) >= 11 is 0. The topological polar surface area (TPSA) is 64.3 Å². The molecule has 0 spiro atoms. The van der Waals surface area contributed by atoms with Gasteiger partial charge in [0.15, 0.2) is 0 Å². The molecule has 1 aliphatic rings. The number of amides is 1. The summed E-state index contributed by atoms with van der Waals surface area (Å²) < 4.78 is 5.00. The van der Waals surface area contributed by atoms with E-state index in [1.54, 1.807) is 0 Å². The van der Waals surface area contributed by atoms with E-state index >= 15 is 0 Å². The highest BCUT2D eigenvalue weighted by molar-refractivity contribution is 5.85. The van der Waals surface area contributed by atoms with Crippen molar-refractivity contribution in [2.75, 3.05) is 20.2 Å². The second kappa shape index (κ2) is 7.97. The predicted octanol–water partition coefficient (Wildman–Crippen LogP) is 1.71. The first kappa shape index (κ1) is 17.7. The zero-order chi connectivity index (χ0) is 12.9. The van der Waals surface area contributed by atoms with Crippen LogP contribution >= 0.6 is 12.4 Å². The lowest BCUT2D eigenvalue weighted by atomic mass is 9.73. The van der Waals surface area contributed by atoms with E-state index in [9.17, 15) is 4.79 Å². The summed E-state index contributed by atoms with van der Waals surface area (Å²) in [5.41, 5.74) is 5.92. The second-order valence-corrected chi connectivity index (χ2v) is 5.81. The third-order valence-corrected chi connectivity index (χ3v) is 3.81. The van der Waals surface area contributed by atoms with Crippen LogP contribution in [0.1, 0.15) is 39.5 Å². The Morgan fingerprint density at radius 2 is 2.00 bits per heavy atom. The van der Waals surface area contributed by atoms with Crippen LogP contribution in [0.25, 0.3) is 0 Å². The van der Waals surface area contributed by atoms with Gasteiger partial charge in [0.25, 0.3) is 0 Å². The maximum Gasteiger partial charge on any atom is 0.250 e. The Bertz CT molecular complexity index is 245. The average Bonchev–Trinajstić information content (AvgIpc) is 2.29. The van der Waals surface area contributed by atoms with Crippen LogP contribution in [0, 0.1) is 11.3 Å². The number of carbonyl (C=O) groups excluding carboxylic acids is 1. The van der Waals surface area contributed by atoms with Gasteiger partial charge >= 0.3 is 0 Å². The molecule has 18 heavy (non-hydrogen) atoms.